The van der Waals surface area contributed by atoms with Crippen LogP contribution in [0.5, 0.6) is 5.88 Å². The molecule has 1 heterocycles. The van der Waals surface area contributed by atoms with Crippen LogP contribution in [0.4, 0.5) is 0 Å². The van der Waals surface area contributed by atoms with Gasteiger partial charge in [0.05, 0.1) is 4.88 Å². The fourth-order valence-electron chi connectivity index (χ4n) is 2.68. The fraction of sp³-hybridized carbons (Fsp3) is 0. The second-order valence-electron chi connectivity index (χ2n) is 5.42. The number of rotatable bonds is 2. The molecule has 1 aliphatic carbocycles. The lowest BCUT2D eigenvalue weighted by Gasteiger charge is -2.12. The number of nitrogens with zero attached hydrogens (tertiary/aromatic N) is 1. The van der Waals surface area contributed by atoms with Gasteiger partial charge in [-0.2, -0.15) is 0 Å². The molecule has 0 atom stereocenters. The van der Waals surface area contributed by atoms with Crippen molar-refractivity contribution in [1.29, 1.82) is 0 Å². The highest BCUT2D eigenvalue weighted by Crippen LogP contribution is 2.36. The van der Waals surface area contributed by atoms with Crippen molar-refractivity contribution in [3.05, 3.63) is 76.7 Å². The zero-order valence-corrected chi connectivity index (χ0v) is 13.5. The third-order valence-corrected chi connectivity index (χ3v) is 4.90. The Morgan fingerprint density at radius 2 is 1.71 bits per heavy atom. The first-order valence-electron chi connectivity index (χ1n) is 7.51. The zero-order chi connectivity index (χ0) is 16.5. The van der Waals surface area contributed by atoms with Crippen LogP contribution in [0, 0.1) is 0 Å². The van der Waals surface area contributed by atoms with Crippen LogP contribution in [-0.4, -0.2) is 15.9 Å². The van der Waals surface area contributed by atoms with E-state index in [0.717, 1.165) is 21.7 Å². The number of aromatic hydroxyl groups is 1. The van der Waals surface area contributed by atoms with Gasteiger partial charge < -0.3 is 5.11 Å². The molecule has 0 amide bonds. The predicted octanol–water partition coefficient (Wildman–Crippen LogP) is 4.65. The number of hydrogen-bond donors (Lipinski definition) is 1. The van der Waals surface area contributed by atoms with Crippen molar-refractivity contribution in [2.75, 3.05) is 0 Å². The van der Waals surface area contributed by atoms with E-state index in [9.17, 15) is 9.90 Å². The van der Waals surface area contributed by atoms with Gasteiger partial charge in [0, 0.05) is 11.1 Å². The number of thiazole rings is 1. The van der Waals surface area contributed by atoms with Crippen LogP contribution in [0.3, 0.4) is 0 Å². The molecule has 0 bridgehead atoms. The molecule has 24 heavy (non-hydrogen) atoms. The summed E-state index contributed by atoms with van der Waals surface area (Å²) in [4.78, 5) is 17.1. The Morgan fingerprint density at radius 1 is 0.958 bits per heavy atom. The average molecular weight is 331 g/mol. The zero-order valence-electron chi connectivity index (χ0n) is 12.6. The number of benzene rings is 2. The van der Waals surface area contributed by atoms with E-state index in [1.807, 2.05) is 60.7 Å². The van der Waals surface area contributed by atoms with E-state index in [2.05, 4.69) is 4.98 Å². The molecule has 0 radical (unpaired) electrons. The number of ketones is 1. The van der Waals surface area contributed by atoms with E-state index in [1.54, 1.807) is 12.2 Å². The minimum Gasteiger partial charge on any atom is -0.492 e. The van der Waals surface area contributed by atoms with Gasteiger partial charge in [0.15, 0.2) is 5.78 Å². The van der Waals surface area contributed by atoms with Crippen LogP contribution >= 0.6 is 11.3 Å². The Bertz CT molecular complexity index is 984. The molecule has 0 aliphatic heterocycles. The summed E-state index contributed by atoms with van der Waals surface area (Å²) >= 11 is 1.37. The van der Waals surface area contributed by atoms with Crippen molar-refractivity contribution < 1.29 is 9.90 Å². The molecular formula is C20H13NO2S. The molecule has 1 aromatic heterocycles. The summed E-state index contributed by atoms with van der Waals surface area (Å²) in [6.07, 6.45) is 5.10. The van der Waals surface area contributed by atoms with E-state index in [0.29, 0.717) is 10.5 Å². The third-order valence-electron chi connectivity index (χ3n) is 3.86. The van der Waals surface area contributed by atoms with E-state index >= 15 is 0 Å². The van der Waals surface area contributed by atoms with E-state index in [1.165, 1.54) is 11.3 Å². The molecule has 0 saturated heterocycles. The molecule has 2 aromatic carbocycles. The maximum Gasteiger partial charge on any atom is 0.230 e. The fourth-order valence-corrected chi connectivity index (χ4v) is 3.59. The smallest absolute Gasteiger partial charge is 0.230 e. The second-order valence-corrected chi connectivity index (χ2v) is 6.45. The summed E-state index contributed by atoms with van der Waals surface area (Å²) < 4.78 is 0. The van der Waals surface area contributed by atoms with Crippen molar-refractivity contribution in [1.82, 2.24) is 4.98 Å². The molecule has 4 heteroatoms. The summed E-state index contributed by atoms with van der Waals surface area (Å²) in [5.41, 5.74) is 3.39. The molecule has 0 saturated carbocycles. The summed E-state index contributed by atoms with van der Waals surface area (Å²) in [6.45, 7) is 0. The summed E-state index contributed by atoms with van der Waals surface area (Å²) in [6, 6.07) is 17.4. The van der Waals surface area contributed by atoms with Gasteiger partial charge in [0.1, 0.15) is 5.01 Å². The first-order chi connectivity index (χ1) is 11.7. The van der Waals surface area contributed by atoms with Gasteiger partial charge >= 0.3 is 0 Å². The van der Waals surface area contributed by atoms with Gasteiger partial charge in [-0.05, 0) is 23.3 Å². The largest absolute Gasteiger partial charge is 0.492 e. The summed E-state index contributed by atoms with van der Waals surface area (Å²) in [7, 11) is 0. The summed E-state index contributed by atoms with van der Waals surface area (Å²) in [5.74, 6) is -0.117. The number of aromatic nitrogens is 1. The number of carbonyl (C=O) groups excluding carboxylic acids is 1. The molecular weight excluding hydrogens is 318 g/mol. The molecule has 1 aliphatic rings. The standard InChI is InChI=1S/C20H13NO2S/c22-17-11-10-13-6-4-5-9-15(13)16(17)12-18-19(23)21-20(24-18)14-7-2-1-3-8-14/h1-12,23H/b16-12+. The van der Waals surface area contributed by atoms with E-state index in [-0.39, 0.29) is 11.7 Å². The van der Waals surface area contributed by atoms with Crippen LogP contribution in [0.25, 0.3) is 28.3 Å². The highest BCUT2D eigenvalue weighted by Gasteiger charge is 2.19. The Labute approximate surface area is 143 Å². The van der Waals surface area contributed by atoms with Crippen molar-refractivity contribution >= 4 is 34.8 Å². The van der Waals surface area contributed by atoms with Crippen LogP contribution < -0.4 is 0 Å². The Hall–Kier alpha value is -2.98. The quantitative estimate of drug-likeness (QED) is 0.695. The minimum atomic E-state index is -0.0669. The lowest BCUT2D eigenvalue weighted by atomic mass is 9.91. The molecule has 116 valence electrons. The number of fused-ring (bicyclic) bond motifs is 1. The number of allylic oxidation sites excluding steroid dienone is 2. The lowest BCUT2D eigenvalue weighted by Crippen LogP contribution is -2.04. The number of carbonyl (C=O) groups is 1. The SMILES string of the molecule is O=C1C=Cc2ccccc2/C1=C\c1sc(-c2ccccc2)nc1O. The van der Waals surface area contributed by atoms with Crippen LogP contribution in [0.15, 0.2) is 60.7 Å². The Morgan fingerprint density at radius 3 is 2.54 bits per heavy atom. The minimum absolute atomic E-state index is 0.0498. The average Bonchev–Trinajstić information content (AvgIpc) is 2.99. The van der Waals surface area contributed by atoms with Gasteiger partial charge in [0.25, 0.3) is 0 Å². The molecule has 0 spiro atoms. The maximum absolute atomic E-state index is 12.3. The normalized spacial score (nSPS) is 14.8. The first kappa shape index (κ1) is 14.6. The third kappa shape index (κ3) is 2.57. The highest BCUT2D eigenvalue weighted by molar-refractivity contribution is 7.16. The highest BCUT2D eigenvalue weighted by atomic mass is 32.1. The molecule has 4 rings (SSSR count). The maximum atomic E-state index is 12.3. The topological polar surface area (TPSA) is 50.2 Å². The molecule has 3 nitrogen and oxygen atoms in total. The molecule has 3 aromatic rings. The van der Waals surface area contributed by atoms with Crippen LogP contribution in [0.2, 0.25) is 0 Å². The molecule has 1 N–H and O–H groups in total. The second kappa shape index (κ2) is 5.91. The predicted molar refractivity (Wildman–Crippen MR) is 97.6 cm³/mol. The van der Waals surface area contributed by atoms with Crippen molar-refractivity contribution in [3.63, 3.8) is 0 Å². The monoisotopic (exact) mass is 331 g/mol. The lowest BCUT2D eigenvalue weighted by molar-refractivity contribution is -0.109. The van der Waals surface area contributed by atoms with E-state index in [4.69, 9.17) is 0 Å². The van der Waals surface area contributed by atoms with Gasteiger partial charge in [-0.3, -0.25) is 4.79 Å². The van der Waals surface area contributed by atoms with Crippen LogP contribution in [0.1, 0.15) is 16.0 Å². The van der Waals surface area contributed by atoms with E-state index < -0.39 is 0 Å². The van der Waals surface area contributed by atoms with Gasteiger partial charge in [-0.15, -0.1) is 11.3 Å². The van der Waals surface area contributed by atoms with Gasteiger partial charge in [0.2, 0.25) is 5.88 Å². The van der Waals surface area contributed by atoms with Crippen molar-refractivity contribution in [2.45, 2.75) is 0 Å². The summed E-state index contributed by atoms with van der Waals surface area (Å²) in [5, 5.41) is 10.9. The first-order valence-corrected chi connectivity index (χ1v) is 8.33. The Balaban J connectivity index is 1.80. The molecule has 0 unspecified atom stereocenters. The van der Waals surface area contributed by atoms with Crippen LogP contribution in [-0.2, 0) is 4.79 Å². The van der Waals surface area contributed by atoms with Crippen molar-refractivity contribution in [2.24, 2.45) is 0 Å². The van der Waals surface area contributed by atoms with Crippen molar-refractivity contribution in [3.8, 4) is 16.5 Å². The number of hydrogen-bond acceptors (Lipinski definition) is 4. The molecule has 0 fully saturated rings. The van der Waals surface area contributed by atoms with Gasteiger partial charge in [-0.1, -0.05) is 60.7 Å². The van der Waals surface area contributed by atoms with Gasteiger partial charge in [-0.25, -0.2) is 4.98 Å². The Kier molecular flexibility index (Phi) is 3.59.